The molecule has 0 aliphatic rings. The van der Waals surface area contributed by atoms with E-state index in [4.69, 9.17) is 9.84 Å². The zero-order valence-electron chi connectivity index (χ0n) is 10.3. The van der Waals surface area contributed by atoms with Crippen LogP contribution in [0.15, 0.2) is 36.7 Å². The maximum absolute atomic E-state index is 12.9. The van der Waals surface area contributed by atoms with Gasteiger partial charge in [-0.1, -0.05) is 6.07 Å². The first kappa shape index (κ1) is 13.9. The molecule has 1 aromatic carbocycles. The quantitative estimate of drug-likeness (QED) is 0.669. The predicted octanol–water partition coefficient (Wildman–Crippen LogP) is 2.20. The Hall–Kier alpha value is -2.54. The molecule has 0 spiro atoms. The Balaban J connectivity index is 2.18. The summed E-state index contributed by atoms with van der Waals surface area (Å²) in [6, 6.07) is 5.39. The molecule has 0 unspecified atom stereocenters. The Morgan fingerprint density at radius 2 is 2.10 bits per heavy atom. The minimum absolute atomic E-state index is 0.0376. The Morgan fingerprint density at radius 1 is 1.30 bits per heavy atom. The van der Waals surface area contributed by atoms with Crippen molar-refractivity contribution in [2.45, 2.75) is 13.2 Å². The van der Waals surface area contributed by atoms with Crippen molar-refractivity contribution >= 4 is 5.69 Å². The van der Waals surface area contributed by atoms with Gasteiger partial charge in [-0.05, 0) is 17.7 Å². The molecule has 0 saturated carbocycles. The second kappa shape index (κ2) is 6.07. The Labute approximate surface area is 113 Å². The Kier molecular flexibility index (Phi) is 4.21. The van der Waals surface area contributed by atoms with Gasteiger partial charge in [-0.2, -0.15) is 0 Å². The van der Waals surface area contributed by atoms with E-state index in [0.29, 0.717) is 11.1 Å². The third kappa shape index (κ3) is 3.27. The van der Waals surface area contributed by atoms with Crippen molar-refractivity contribution in [3.63, 3.8) is 0 Å². The fourth-order valence-corrected chi connectivity index (χ4v) is 1.62. The van der Waals surface area contributed by atoms with Crippen LogP contribution in [0.2, 0.25) is 0 Å². The fourth-order valence-electron chi connectivity index (χ4n) is 1.62. The smallest absolute Gasteiger partial charge is 0.311 e. The third-order valence-electron chi connectivity index (χ3n) is 2.56. The van der Waals surface area contributed by atoms with E-state index in [9.17, 15) is 14.5 Å². The SMILES string of the molecule is O=[N+]([O-])c1cc(CO)ccc1OCc1cncc(F)c1. The molecule has 1 aromatic heterocycles. The van der Waals surface area contributed by atoms with Gasteiger partial charge < -0.3 is 9.84 Å². The third-order valence-corrected chi connectivity index (χ3v) is 2.56. The minimum Gasteiger partial charge on any atom is -0.482 e. The molecule has 0 fully saturated rings. The van der Waals surface area contributed by atoms with E-state index in [0.717, 1.165) is 6.20 Å². The molecule has 0 bridgehead atoms. The molecule has 104 valence electrons. The van der Waals surface area contributed by atoms with Crippen LogP contribution in [-0.2, 0) is 13.2 Å². The van der Waals surface area contributed by atoms with Crippen molar-refractivity contribution in [3.8, 4) is 5.75 Å². The molecule has 0 atom stereocenters. The molecule has 20 heavy (non-hydrogen) atoms. The zero-order valence-corrected chi connectivity index (χ0v) is 10.3. The van der Waals surface area contributed by atoms with Crippen molar-refractivity contribution in [3.05, 3.63) is 63.7 Å². The average molecular weight is 278 g/mol. The van der Waals surface area contributed by atoms with Gasteiger partial charge >= 0.3 is 5.69 Å². The molecule has 2 rings (SSSR count). The molecule has 0 amide bonds. The summed E-state index contributed by atoms with van der Waals surface area (Å²) in [6.45, 7) is -0.334. The number of rotatable bonds is 5. The molecule has 0 saturated heterocycles. The van der Waals surface area contributed by atoms with Crippen LogP contribution in [0.1, 0.15) is 11.1 Å². The van der Waals surface area contributed by atoms with E-state index in [2.05, 4.69) is 4.98 Å². The van der Waals surface area contributed by atoms with E-state index in [1.54, 1.807) is 0 Å². The van der Waals surface area contributed by atoms with E-state index >= 15 is 0 Å². The summed E-state index contributed by atoms with van der Waals surface area (Å²) in [5, 5.41) is 19.9. The lowest BCUT2D eigenvalue weighted by atomic mass is 10.2. The number of aromatic nitrogens is 1. The van der Waals surface area contributed by atoms with Crippen LogP contribution in [0.3, 0.4) is 0 Å². The summed E-state index contributed by atoms with van der Waals surface area (Å²) in [7, 11) is 0. The number of hydrogen-bond acceptors (Lipinski definition) is 5. The number of nitro groups is 1. The number of nitrogens with zero attached hydrogens (tertiary/aromatic N) is 2. The predicted molar refractivity (Wildman–Crippen MR) is 67.5 cm³/mol. The summed E-state index contributed by atoms with van der Waals surface area (Å²) in [5.41, 5.74) is 0.628. The van der Waals surface area contributed by atoms with Gasteiger partial charge in [0, 0.05) is 17.8 Å². The first-order chi connectivity index (χ1) is 9.60. The summed E-state index contributed by atoms with van der Waals surface area (Å²) < 4.78 is 18.3. The number of ether oxygens (including phenoxy) is 1. The number of benzene rings is 1. The summed E-state index contributed by atoms with van der Waals surface area (Å²) >= 11 is 0. The summed E-state index contributed by atoms with van der Waals surface area (Å²) in [6.07, 6.45) is 2.47. The van der Waals surface area contributed by atoms with Gasteiger partial charge in [-0.3, -0.25) is 15.1 Å². The zero-order chi connectivity index (χ0) is 14.5. The van der Waals surface area contributed by atoms with Gasteiger partial charge in [-0.15, -0.1) is 0 Å². The minimum atomic E-state index is -0.599. The number of aliphatic hydroxyl groups excluding tert-OH is 1. The lowest BCUT2D eigenvalue weighted by Gasteiger charge is -2.07. The number of hydrogen-bond donors (Lipinski definition) is 1. The van der Waals surface area contributed by atoms with Crippen LogP contribution in [0, 0.1) is 15.9 Å². The molecule has 0 radical (unpaired) electrons. The van der Waals surface area contributed by atoms with Gasteiger partial charge in [-0.25, -0.2) is 4.39 Å². The number of aliphatic hydroxyl groups is 1. The standard InChI is InChI=1S/C13H11FN2O4/c14-11-3-10(5-15-6-11)8-20-13-2-1-9(7-17)4-12(13)16(18)19/h1-6,17H,7-8H2. The molecule has 6 nitrogen and oxygen atoms in total. The Bertz CT molecular complexity index is 634. The second-order valence-electron chi connectivity index (χ2n) is 4.02. The average Bonchev–Trinajstić information content (AvgIpc) is 2.45. The monoisotopic (exact) mass is 278 g/mol. The number of halogens is 1. The van der Waals surface area contributed by atoms with E-state index in [1.165, 1.54) is 30.5 Å². The molecule has 0 aliphatic carbocycles. The summed E-state index contributed by atoms with van der Waals surface area (Å²) in [4.78, 5) is 14.0. The van der Waals surface area contributed by atoms with E-state index < -0.39 is 10.7 Å². The van der Waals surface area contributed by atoms with Crippen molar-refractivity contribution in [2.24, 2.45) is 0 Å². The molecule has 7 heteroatoms. The molecule has 1 heterocycles. The normalized spacial score (nSPS) is 10.3. The first-order valence-corrected chi connectivity index (χ1v) is 5.70. The topological polar surface area (TPSA) is 85.5 Å². The van der Waals surface area contributed by atoms with Crippen molar-refractivity contribution in [1.29, 1.82) is 0 Å². The molecule has 0 aliphatic heterocycles. The van der Waals surface area contributed by atoms with Gasteiger partial charge in [0.15, 0.2) is 5.75 Å². The molecular weight excluding hydrogens is 267 g/mol. The van der Waals surface area contributed by atoms with E-state index in [1.807, 2.05) is 0 Å². The van der Waals surface area contributed by atoms with Gasteiger partial charge in [0.25, 0.3) is 0 Å². The number of nitro benzene ring substituents is 1. The highest BCUT2D eigenvalue weighted by Gasteiger charge is 2.16. The van der Waals surface area contributed by atoms with Crippen LogP contribution >= 0.6 is 0 Å². The fraction of sp³-hybridized carbons (Fsp3) is 0.154. The molecular formula is C13H11FN2O4. The van der Waals surface area contributed by atoms with E-state index in [-0.39, 0.29) is 24.7 Å². The van der Waals surface area contributed by atoms with Crippen LogP contribution in [0.4, 0.5) is 10.1 Å². The van der Waals surface area contributed by atoms with Crippen LogP contribution in [0.25, 0.3) is 0 Å². The maximum Gasteiger partial charge on any atom is 0.311 e. The molecule has 2 aromatic rings. The second-order valence-corrected chi connectivity index (χ2v) is 4.02. The van der Waals surface area contributed by atoms with Crippen molar-refractivity contribution in [1.82, 2.24) is 4.98 Å². The Morgan fingerprint density at radius 3 is 2.75 bits per heavy atom. The van der Waals surface area contributed by atoms with Crippen molar-refractivity contribution in [2.75, 3.05) is 0 Å². The summed E-state index contributed by atoms with van der Waals surface area (Å²) in [5.74, 6) is -0.451. The maximum atomic E-state index is 12.9. The lowest BCUT2D eigenvalue weighted by molar-refractivity contribution is -0.386. The highest BCUT2D eigenvalue weighted by molar-refractivity contribution is 5.48. The van der Waals surface area contributed by atoms with Gasteiger partial charge in [0.1, 0.15) is 12.4 Å². The molecule has 1 N–H and O–H groups in total. The highest BCUT2D eigenvalue weighted by Crippen LogP contribution is 2.28. The van der Waals surface area contributed by atoms with Gasteiger partial charge in [0.05, 0.1) is 17.7 Å². The lowest BCUT2D eigenvalue weighted by Crippen LogP contribution is -2.01. The van der Waals surface area contributed by atoms with Crippen LogP contribution in [-0.4, -0.2) is 15.0 Å². The largest absolute Gasteiger partial charge is 0.482 e. The van der Waals surface area contributed by atoms with Crippen molar-refractivity contribution < 1.29 is 19.2 Å². The van der Waals surface area contributed by atoms with Crippen LogP contribution in [0.5, 0.6) is 5.75 Å². The van der Waals surface area contributed by atoms with Gasteiger partial charge in [0.2, 0.25) is 0 Å². The first-order valence-electron chi connectivity index (χ1n) is 5.70. The van der Waals surface area contributed by atoms with Crippen LogP contribution < -0.4 is 4.74 Å². The highest BCUT2D eigenvalue weighted by atomic mass is 19.1. The number of pyridine rings is 1.